The number of nitrogens with zero attached hydrogens (tertiary/aromatic N) is 1. The van der Waals surface area contributed by atoms with Crippen molar-refractivity contribution in [1.29, 1.82) is 0 Å². The summed E-state index contributed by atoms with van der Waals surface area (Å²) in [5.41, 5.74) is 4.86. The molecule has 138 valence electrons. The van der Waals surface area contributed by atoms with Crippen molar-refractivity contribution in [3.63, 3.8) is 0 Å². The number of aromatic amines is 1. The summed E-state index contributed by atoms with van der Waals surface area (Å²) in [5, 5.41) is 3.36. The van der Waals surface area contributed by atoms with Gasteiger partial charge < -0.3 is 11.1 Å². The molecule has 0 aliphatic rings. The summed E-state index contributed by atoms with van der Waals surface area (Å²) in [6.45, 7) is 6.40. The van der Waals surface area contributed by atoms with Crippen molar-refractivity contribution < 1.29 is 4.79 Å². The minimum absolute atomic E-state index is 0. The third-order valence-electron chi connectivity index (χ3n) is 4.59. The van der Waals surface area contributed by atoms with Gasteiger partial charge in [-0.3, -0.25) is 19.1 Å². The summed E-state index contributed by atoms with van der Waals surface area (Å²) < 4.78 is 1.41. The number of benzene rings is 1. The third-order valence-corrected chi connectivity index (χ3v) is 4.59. The summed E-state index contributed by atoms with van der Waals surface area (Å²) in [6, 6.07) is 6.83. The Kier molecular flexibility index (Phi) is 6.96. The van der Waals surface area contributed by atoms with Gasteiger partial charge in [0.1, 0.15) is 0 Å². The number of hydrogen-bond acceptors (Lipinski definition) is 4. The maximum atomic E-state index is 12.3. The molecule has 0 aliphatic heterocycles. The molecule has 0 spiro atoms. The summed E-state index contributed by atoms with van der Waals surface area (Å²) in [6.07, 6.45) is 0.123. The van der Waals surface area contributed by atoms with Gasteiger partial charge in [-0.25, -0.2) is 4.79 Å². The zero-order valence-corrected chi connectivity index (χ0v) is 15.5. The number of amides is 1. The molecular formula is C17H25ClN4O3. The van der Waals surface area contributed by atoms with Crippen LogP contribution in [0, 0.1) is 5.92 Å². The lowest BCUT2D eigenvalue weighted by atomic mass is 9.88. The van der Waals surface area contributed by atoms with E-state index in [0.717, 1.165) is 0 Å². The van der Waals surface area contributed by atoms with E-state index in [0.29, 0.717) is 17.4 Å². The molecule has 0 fully saturated rings. The molecule has 2 aromatic rings. The van der Waals surface area contributed by atoms with E-state index in [1.807, 2.05) is 20.8 Å². The van der Waals surface area contributed by atoms with Crippen molar-refractivity contribution in [2.75, 3.05) is 6.54 Å². The van der Waals surface area contributed by atoms with Gasteiger partial charge in [0.15, 0.2) is 0 Å². The molecular weight excluding hydrogens is 344 g/mol. The highest BCUT2D eigenvalue weighted by atomic mass is 35.5. The second-order valence-electron chi connectivity index (χ2n) is 6.50. The van der Waals surface area contributed by atoms with Crippen molar-refractivity contribution in [3.05, 3.63) is 45.1 Å². The van der Waals surface area contributed by atoms with Crippen LogP contribution in [0.3, 0.4) is 0 Å². The molecule has 4 N–H and O–H groups in total. The standard InChI is InChI=1S/C17H24N4O3.ClH/c1-11(2)17(3,10-18)20-14(22)8-9-21-13-7-5-4-6-12(13)15(23)19-16(21)24;/h4-7,11H,8-10,18H2,1-3H3,(H,20,22)(H,19,23,24);1H. The fourth-order valence-corrected chi connectivity index (χ4v) is 2.49. The molecule has 0 aliphatic carbocycles. The first-order valence-corrected chi connectivity index (χ1v) is 8.01. The molecule has 1 heterocycles. The number of fused-ring (bicyclic) bond motifs is 1. The van der Waals surface area contributed by atoms with E-state index < -0.39 is 16.8 Å². The molecule has 1 unspecified atom stereocenters. The van der Waals surface area contributed by atoms with Gasteiger partial charge in [-0.1, -0.05) is 26.0 Å². The summed E-state index contributed by atoms with van der Waals surface area (Å²) in [4.78, 5) is 38.4. The van der Waals surface area contributed by atoms with Gasteiger partial charge in [-0.2, -0.15) is 0 Å². The van der Waals surface area contributed by atoms with Gasteiger partial charge >= 0.3 is 5.69 Å². The van der Waals surface area contributed by atoms with Gasteiger partial charge in [0, 0.05) is 19.5 Å². The van der Waals surface area contributed by atoms with Crippen molar-refractivity contribution in [2.24, 2.45) is 11.7 Å². The number of halogens is 1. The number of aryl methyl sites for hydroxylation is 1. The van der Waals surface area contributed by atoms with Gasteiger partial charge in [0.25, 0.3) is 5.56 Å². The van der Waals surface area contributed by atoms with Gasteiger partial charge in [0.05, 0.1) is 16.4 Å². The van der Waals surface area contributed by atoms with Gasteiger partial charge in [-0.15, -0.1) is 12.4 Å². The van der Waals surface area contributed by atoms with Crippen molar-refractivity contribution in [2.45, 2.75) is 39.3 Å². The van der Waals surface area contributed by atoms with Crippen LogP contribution in [-0.2, 0) is 11.3 Å². The number of carbonyl (C=O) groups excluding carboxylic acids is 1. The smallest absolute Gasteiger partial charge is 0.328 e. The molecule has 0 saturated carbocycles. The van der Waals surface area contributed by atoms with Crippen LogP contribution >= 0.6 is 12.4 Å². The largest absolute Gasteiger partial charge is 0.349 e. The van der Waals surface area contributed by atoms with Crippen LogP contribution in [0.5, 0.6) is 0 Å². The summed E-state index contributed by atoms with van der Waals surface area (Å²) in [7, 11) is 0. The number of rotatable bonds is 6. The zero-order valence-electron chi connectivity index (χ0n) is 14.7. The van der Waals surface area contributed by atoms with Crippen LogP contribution in [-0.4, -0.2) is 27.5 Å². The number of nitrogens with two attached hydrogens (primary N) is 1. The lowest BCUT2D eigenvalue weighted by molar-refractivity contribution is -0.123. The van der Waals surface area contributed by atoms with Crippen LogP contribution in [0.25, 0.3) is 10.9 Å². The minimum Gasteiger partial charge on any atom is -0.349 e. The SMILES string of the molecule is CC(C)C(C)(CN)NC(=O)CCn1c(=O)[nH]c(=O)c2ccccc21.Cl. The van der Waals surface area contributed by atoms with E-state index in [-0.39, 0.29) is 37.2 Å². The molecule has 8 heteroatoms. The van der Waals surface area contributed by atoms with Crippen molar-refractivity contribution in [1.82, 2.24) is 14.9 Å². The quantitative estimate of drug-likeness (QED) is 0.706. The molecule has 7 nitrogen and oxygen atoms in total. The fraction of sp³-hybridized carbons (Fsp3) is 0.471. The zero-order chi connectivity index (χ0) is 17.9. The Morgan fingerprint density at radius 1 is 1.32 bits per heavy atom. The predicted molar refractivity (Wildman–Crippen MR) is 101 cm³/mol. The van der Waals surface area contributed by atoms with Crippen molar-refractivity contribution in [3.8, 4) is 0 Å². The van der Waals surface area contributed by atoms with E-state index in [1.54, 1.807) is 24.3 Å². The Bertz CT molecular complexity index is 859. The molecule has 1 atom stereocenters. The van der Waals surface area contributed by atoms with Crippen LogP contribution in [0.1, 0.15) is 27.2 Å². The summed E-state index contributed by atoms with van der Waals surface area (Å²) >= 11 is 0. The molecule has 2 rings (SSSR count). The van der Waals surface area contributed by atoms with Crippen LogP contribution in [0.15, 0.2) is 33.9 Å². The highest BCUT2D eigenvalue weighted by molar-refractivity contribution is 5.85. The topological polar surface area (TPSA) is 110 Å². The molecule has 0 bridgehead atoms. The Morgan fingerprint density at radius 2 is 1.96 bits per heavy atom. The molecule has 25 heavy (non-hydrogen) atoms. The average molecular weight is 369 g/mol. The number of aromatic nitrogens is 2. The monoisotopic (exact) mass is 368 g/mol. The Balaban J connectivity index is 0.00000312. The third kappa shape index (κ3) is 4.49. The van der Waals surface area contributed by atoms with E-state index in [1.165, 1.54) is 4.57 Å². The molecule has 1 aromatic heterocycles. The van der Waals surface area contributed by atoms with E-state index in [2.05, 4.69) is 10.3 Å². The lowest BCUT2D eigenvalue weighted by Crippen LogP contribution is -2.55. The van der Waals surface area contributed by atoms with Crippen molar-refractivity contribution >= 4 is 29.2 Å². The molecule has 1 aromatic carbocycles. The van der Waals surface area contributed by atoms with Crippen LogP contribution in [0.4, 0.5) is 0 Å². The minimum atomic E-state index is -0.517. The number of H-pyrrole nitrogens is 1. The Labute approximate surface area is 152 Å². The van der Waals surface area contributed by atoms with Crippen LogP contribution < -0.4 is 22.3 Å². The van der Waals surface area contributed by atoms with E-state index in [4.69, 9.17) is 5.73 Å². The van der Waals surface area contributed by atoms with Gasteiger partial charge in [0.2, 0.25) is 5.91 Å². The maximum Gasteiger partial charge on any atom is 0.328 e. The first-order chi connectivity index (χ1) is 11.3. The average Bonchev–Trinajstić information content (AvgIpc) is 2.54. The van der Waals surface area contributed by atoms with E-state index in [9.17, 15) is 14.4 Å². The normalized spacial score (nSPS) is 13.3. The lowest BCUT2D eigenvalue weighted by Gasteiger charge is -2.33. The molecule has 0 saturated heterocycles. The molecule has 1 amide bonds. The number of carbonyl (C=O) groups is 1. The highest BCUT2D eigenvalue weighted by Crippen LogP contribution is 2.15. The first kappa shape index (κ1) is 20.9. The van der Waals surface area contributed by atoms with Crippen LogP contribution in [0.2, 0.25) is 0 Å². The summed E-state index contributed by atoms with van der Waals surface area (Å²) in [5.74, 6) is 0.00177. The second-order valence-corrected chi connectivity index (χ2v) is 6.50. The number of hydrogen-bond donors (Lipinski definition) is 3. The number of nitrogens with one attached hydrogen (secondary N) is 2. The predicted octanol–water partition coefficient (Wildman–Crippen LogP) is 0.991. The van der Waals surface area contributed by atoms with Gasteiger partial charge in [-0.05, 0) is 25.0 Å². The molecule has 0 radical (unpaired) electrons. The fourth-order valence-electron chi connectivity index (χ4n) is 2.49. The Hall–Kier alpha value is -2.12. The first-order valence-electron chi connectivity index (χ1n) is 8.01. The second kappa shape index (κ2) is 8.31. The number of para-hydroxylation sites is 1. The maximum absolute atomic E-state index is 12.3. The van der Waals surface area contributed by atoms with E-state index >= 15 is 0 Å². The highest BCUT2D eigenvalue weighted by Gasteiger charge is 2.28. The Morgan fingerprint density at radius 3 is 2.56 bits per heavy atom.